The van der Waals surface area contributed by atoms with Gasteiger partial charge in [0.25, 0.3) is 5.91 Å². The number of nitrogens with one attached hydrogen (secondary N) is 1. The highest BCUT2D eigenvalue weighted by molar-refractivity contribution is 7.89. The highest BCUT2D eigenvalue weighted by Crippen LogP contribution is 2.34. The predicted molar refractivity (Wildman–Crippen MR) is 84.5 cm³/mol. The van der Waals surface area contributed by atoms with E-state index in [0.29, 0.717) is 6.54 Å². The lowest BCUT2D eigenvalue weighted by Crippen LogP contribution is -2.42. The van der Waals surface area contributed by atoms with Crippen LogP contribution in [0, 0.1) is 0 Å². The van der Waals surface area contributed by atoms with Crippen molar-refractivity contribution >= 4 is 28.3 Å². The number of nitrogens with zero attached hydrogens (tertiary/aromatic N) is 2. The van der Waals surface area contributed by atoms with Crippen LogP contribution in [0.1, 0.15) is 29.8 Å². The van der Waals surface area contributed by atoms with E-state index in [1.54, 1.807) is 11.4 Å². The largest absolute Gasteiger partial charge is 0.364 e. The van der Waals surface area contributed by atoms with Gasteiger partial charge in [0, 0.05) is 31.9 Å². The molecule has 124 valence electrons. The van der Waals surface area contributed by atoms with E-state index < -0.39 is 15.9 Å². The van der Waals surface area contributed by atoms with Gasteiger partial charge in [0.15, 0.2) is 0 Å². The lowest BCUT2D eigenvalue weighted by molar-refractivity contribution is 0.0992. The van der Waals surface area contributed by atoms with E-state index >= 15 is 0 Å². The Morgan fingerprint density at radius 1 is 1.32 bits per heavy atom. The zero-order chi connectivity index (χ0) is 15.2. The minimum absolute atomic E-state index is 0. The number of aromatic nitrogens is 1. The van der Waals surface area contributed by atoms with Crippen LogP contribution in [0.2, 0.25) is 0 Å². The molecule has 3 rings (SSSR count). The molecule has 1 aromatic rings. The van der Waals surface area contributed by atoms with E-state index in [4.69, 9.17) is 5.73 Å². The summed E-state index contributed by atoms with van der Waals surface area (Å²) in [6, 6.07) is 1.42. The van der Waals surface area contributed by atoms with E-state index in [1.165, 1.54) is 16.8 Å². The number of amides is 1. The maximum atomic E-state index is 12.9. The molecule has 0 radical (unpaired) electrons. The zero-order valence-electron chi connectivity index (χ0n) is 12.4. The van der Waals surface area contributed by atoms with Crippen LogP contribution in [0.3, 0.4) is 0 Å². The molecule has 7 nitrogen and oxygen atoms in total. The Balaban J connectivity index is 0.00000176. The maximum absolute atomic E-state index is 12.9. The quantitative estimate of drug-likeness (QED) is 0.807. The first-order valence-electron chi connectivity index (χ1n) is 7.11. The topological polar surface area (TPSA) is 97.4 Å². The molecule has 2 atom stereocenters. The molecule has 1 amide bonds. The van der Waals surface area contributed by atoms with Crippen LogP contribution < -0.4 is 11.1 Å². The van der Waals surface area contributed by atoms with Crippen molar-refractivity contribution in [3.05, 3.63) is 18.0 Å². The van der Waals surface area contributed by atoms with Gasteiger partial charge in [0.1, 0.15) is 10.6 Å². The van der Waals surface area contributed by atoms with Crippen molar-refractivity contribution in [2.45, 2.75) is 36.2 Å². The molecular weight excluding hydrogens is 328 g/mol. The third kappa shape index (κ3) is 2.76. The van der Waals surface area contributed by atoms with Crippen LogP contribution in [0.25, 0.3) is 0 Å². The molecule has 2 fully saturated rings. The first-order valence-corrected chi connectivity index (χ1v) is 8.55. The van der Waals surface area contributed by atoms with Gasteiger partial charge in [-0.3, -0.25) is 4.79 Å². The molecule has 0 aliphatic carbocycles. The number of nitrogens with two attached hydrogens (primary N) is 1. The standard InChI is InChI=1S/C13H20N4O3S.ClH/c1-16-8-11(6-12(16)13(14)18)21(19,20)17-9-2-3-10(17)7-15-5-4-9;/h6,8-10,15H,2-5,7H2,1H3,(H2,14,18);1H. The summed E-state index contributed by atoms with van der Waals surface area (Å²) in [6.45, 7) is 1.53. The minimum atomic E-state index is -3.59. The average Bonchev–Trinajstić information content (AvgIpc) is 2.89. The molecule has 2 unspecified atom stereocenters. The number of carbonyl (C=O) groups is 1. The van der Waals surface area contributed by atoms with Crippen molar-refractivity contribution in [1.82, 2.24) is 14.2 Å². The lowest BCUT2D eigenvalue weighted by Gasteiger charge is -2.26. The number of aryl methyl sites for hydroxylation is 1. The van der Waals surface area contributed by atoms with Crippen LogP contribution in [-0.4, -0.2) is 48.4 Å². The van der Waals surface area contributed by atoms with Crippen molar-refractivity contribution in [1.29, 1.82) is 0 Å². The predicted octanol–water partition coefficient (Wildman–Crippen LogP) is 0.0608. The highest BCUT2D eigenvalue weighted by atomic mass is 35.5. The molecule has 2 aliphatic rings. The fraction of sp³-hybridized carbons (Fsp3) is 0.615. The molecule has 3 heterocycles. The second-order valence-electron chi connectivity index (χ2n) is 5.75. The third-order valence-corrected chi connectivity index (χ3v) is 6.37. The third-order valence-electron chi connectivity index (χ3n) is 4.39. The summed E-state index contributed by atoms with van der Waals surface area (Å²) in [4.78, 5) is 11.5. The molecule has 2 saturated heterocycles. The van der Waals surface area contributed by atoms with Gasteiger partial charge < -0.3 is 15.6 Å². The van der Waals surface area contributed by atoms with Crippen LogP contribution in [-0.2, 0) is 17.1 Å². The average molecular weight is 349 g/mol. The Morgan fingerprint density at radius 3 is 2.64 bits per heavy atom. The van der Waals surface area contributed by atoms with Gasteiger partial charge in [-0.1, -0.05) is 0 Å². The maximum Gasteiger partial charge on any atom is 0.265 e. The Hall–Kier alpha value is -1.09. The van der Waals surface area contributed by atoms with Crippen LogP contribution in [0.5, 0.6) is 0 Å². The number of rotatable bonds is 3. The van der Waals surface area contributed by atoms with Crippen molar-refractivity contribution in [3.8, 4) is 0 Å². The van der Waals surface area contributed by atoms with Gasteiger partial charge in [-0.2, -0.15) is 4.31 Å². The summed E-state index contributed by atoms with van der Waals surface area (Å²) in [7, 11) is -1.97. The van der Waals surface area contributed by atoms with Gasteiger partial charge in [-0.15, -0.1) is 12.4 Å². The summed E-state index contributed by atoms with van der Waals surface area (Å²) < 4.78 is 28.9. The van der Waals surface area contributed by atoms with E-state index in [0.717, 1.165) is 25.8 Å². The Bertz CT molecular complexity index is 659. The van der Waals surface area contributed by atoms with Crippen LogP contribution in [0.15, 0.2) is 17.2 Å². The smallest absolute Gasteiger partial charge is 0.265 e. The molecular formula is C13H21ClN4O3S. The van der Waals surface area contributed by atoms with Crippen molar-refractivity contribution in [2.75, 3.05) is 13.1 Å². The molecule has 2 aliphatic heterocycles. The molecule has 3 N–H and O–H groups in total. The number of sulfonamides is 1. The van der Waals surface area contributed by atoms with Gasteiger partial charge in [-0.25, -0.2) is 8.42 Å². The highest BCUT2D eigenvalue weighted by Gasteiger charge is 2.43. The summed E-state index contributed by atoms with van der Waals surface area (Å²) in [6.07, 6.45) is 4.08. The summed E-state index contributed by atoms with van der Waals surface area (Å²) in [5, 5.41) is 3.28. The minimum Gasteiger partial charge on any atom is -0.364 e. The van der Waals surface area contributed by atoms with Gasteiger partial charge >= 0.3 is 0 Å². The fourth-order valence-electron chi connectivity index (χ4n) is 3.37. The van der Waals surface area contributed by atoms with Crippen LogP contribution in [0.4, 0.5) is 0 Å². The van der Waals surface area contributed by atoms with Gasteiger partial charge in [0.2, 0.25) is 10.0 Å². The Kier molecular flexibility index (Phi) is 4.86. The molecule has 22 heavy (non-hydrogen) atoms. The Labute approximate surface area is 136 Å². The van der Waals surface area contributed by atoms with E-state index in [-0.39, 0.29) is 35.1 Å². The second-order valence-corrected chi connectivity index (χ2v) is 7.59. The first kappa shape index (κ1) is 17.3. The van der Waals surface area contributed by atoms with Gasteiger partial charge in [-0.05, 0) is 31.9 Å². The normalized spacial score (nSPS) is 25.5. The summed E-state index contributed by atoms with van der Waals surface area (Å²) >= 11 is 0. The van der Waals surface area contributed by atoms with E-state index in [9.17, 15) is 13.2 Å². The second kappa shape index (κ2) is 6.19. The molecule has 0 spiro atoms. The number of fused-ring (bicyclic) bond motifs is 2. The van der Waals surface area contributed by atoms with Gasteiger partial charge in [0.05, 0.1) is 0 Å². The number of halogens is 1. The number of primary amides is 1. The molecule has 1 aromatic heterocycles. The molecule has 2 bridgehead atoms. The first-order chi connectivity index (χ1) is 9.91. The lowest BCUT2D eigenvalue weighted by atomic mass is 10.1. The number of hydrogen-bond acceptors (Lipinski definition) is 4. The molecule has 9 heteroatoms. The van der Waals surface area contributed by atoms with E-state index in [1.807, 2.05) is 0 Å². The number of hydrogen-bond donors (Lipinski definition) is 2. The Morgan fingerprint density at radius 2 is 2.00 bits per heavy atom. The zero-order valence-corrected chi connectivity index (χ0v) is 14.0. The number of carbonyl (C=O) groups excluding carboxylic acids is 1. The summed E-state index contributed by atoms with van der Waals surface area (Å²) in [5.41, 5.74) is 5.47. The molecule has 0 saturated carbocycles. The molecule has 0 aromatic carbocycles. The van der Waals surface area contributed by atoms with Crippen LogP contribution >= 0.6 is 12.4 Å². The van der Waals surface area contributed by atoms with Crippen molar-refractivity contribution < 1.29 is 13.2 Å². The van der Waals surface area contributed by atoms with E-state index in [2.05, 4.69) is 5.32 Å². The van der Waals surface area contributed by atoms with Crippen molar-refractivity contribution in [2.24, 2.45) is 12.8 Å². The monoisotopic (exact) mass is 348 g/mol. The summed E-state index contributed by atoms with van der Waals surface area (Å²) in [5.74, 6) is -0.626. The SMILES string of the molecule is Cl.Cn1cc(S(=O)(=O)N2C3CCNCC2CC3)cc1C(N)=O. The fourth-order valence-corrected chi connectivity index (χ4v) is 5.34. The van der Waals surface area contributed by atoms with Crippen molar-refractivity contribution in [3.63, 3.8) is 0 Å².